The SMILES string of the molecule is NNC(=O)CCCCCCCCC(=O)Nc1c(Br)cc(Br)cc1Br. The number of hydrazine groups is 1. The summed E-state index contributed by atoms with van der Waals surface area (Å²) in [6, 6.07) is 3.79. The Balaban J connectivity index is 2.16. The van der Waals surface area contributed by atoms with E-state index in [1.807, 2.05) is 12.1 Å². The number of amides is 2. The van der Waals surface area contributed by atoms with E-state index in [9.17, 15) is 9.59 Å². The van der Waals surface area contributed by atoms with Crippen LogP contribution in [-0.4, -0.2) is 11.8 Å². The van der Waals surface area contributed by atoms with Crippen LogP contribution in [0.2, 0.25) is 0 Å². The molecule has 0 saturated heterocycles. The molecule has 0 bridgehead atoms. The Morgan fingerprint density at radius 3 is 1.79 bits per heavy atom. The summed E-state index contributed by atoms with van der Waals surface area (Å²) < 4.78 is 2.60. The van der Waals surface area contributed by atoms with E-state index < -0.39 is 0 Å². The van der Waals surface area contributed by atoms with Gasteiger partial charge in [0, 0.05) is 26.3 Å². The van der Waals surface area contributed by atoms with Crippen LogP contribution in [0.25, 0.3) is 0 Å². The highest BCUT2D eigenvalue weighted by Gasteiger charge is 2.10. The molecule has 0 saturated carbocycles. The van der Waals surface area contributed by atoms with Crippen molar-refractivity contribution in [1.29, 1.82) is 0 Å². The number of carbonyl (C=O) groups is 2. The van der Waals surface area contributed by atoms with Gasteiger partial charge < -0.3 is 5.32 Å². The maximum absolute atomic E-state index is 12.0. The molecule has 0 fully saturated rings. The molecule has 0 heterocycles. The van der Waals surface area contributed by atoms with Crippen molar-refractivity contribution in [3.05, 3.63) is 25.6 Å². The number of hydrogen-bond donors (Lipinski definition) is 3. The summed E-state index contributed by atoms with van der Waals surface area (Å²) >= 11 is 10.3. The Kier molecular flexibility index (Phi) is 10.8. The fourth-order valence-corrected chi connectivity index (χ4v) is 4.67. The predicted octanol–water partition coefficient (Wildman–Crippen LogP) is 5.02. The van der Waals surface area contributed by atoms with Gasteiger partial charge in [-0.3, -0.25) is 15.0 Å². The van der Waals surface area contributed by atoms with E-state index in [-0.39, 0.29) is 11.8 Å². The van der Waals surface area contributed by atoms with Crippen molar-refractivity contribution >= 4 is 65.3 Å². The molecule has 0 aromatic heterocycles. The maximum atomic E-state index is 12.0. The van der Waals surface area contributed by atoms with Gasteiger partial charge in [-0.05, 0) is 56.8 Å². The van der Waals surface area contributed by atoms with E-state index in [4.69, 9.17) is 5.84 Å². The van der Waals surface area contributed by atoms with E-state index >= 15 is 0 Å². The van der Waals surface area contributed by atoms with Gasteiger partial charge in [0.15, 0.2) is 0 Å². The van der Waals surface area contributed by atoms with Crippen LogP contribution in [0.5, 0.6) is 0 Å². The molecule has 1 aromatic carbocycles. The molecular formula is C16H22Br3N3O2. The second-order valence-corrected chi connectivity index (χ2v) is 8.11. The lowest BCUT2D eigenvalue weighted by molar-refractivity contribution is -0.121. The van der Waals surface area contributed by atoms with E-state index in [0.29, 0.717) is 12.8 Å². The zero-order valence-corrected chi connectivity index (χ0v) is 18.1. The first-order valence-electron chi connectivity index (χ1n) is 7.88. The second-order valence-electron chi connectivity index (χ2n) is 5.48. The monoisotopic (exact) mass is 525 g/mol. The van der Waals surface area contributed by atoms with Crippen molar-refractivity contribution in [2.45, 2.75) is 51.4 Å². The molecule has 0 aliphatic rings. The Labute approximate surface area is 167 Å². The van der Waals surface area contributed by atoms with Gasteiger partial charge in [0.1, 0.15) is 0 Å². The zero-order valence-electron chi connectivity index (χ0n) is 13.3. The molecule has 2 amide bonds. The van der Waals surface area contributed by atoms with Crippen molar-refractivity contribution < 1.29 is 9.59 Å². The molecule has 1 rings (SSSR count). The summed E-state index contributed by atoms with van der Waals surface area (Å²) in [6.45, 7) is 0. The van der Waals surface area contributed by atoms with Crippen LogP contribution in [-0.2, 0) is 9.59 Å². The third-order valence-electron chi connectivity index (χ3n) is 3.49. The van der Waals surface area contributed by atoms with Gasteiger partial charge in [0.05, 0.1) is 5.69 Å². The lowest BCUT2D eigenvalue weighted by atomic mass is 10.1. The van der Waals surface area contributed by atoms with Crippen LogP contribution in [0.3, 0.4) is 0 Å². The van der Waals surface area contributed by atoms with Gasteiger partial charge in [-0.2, -0.15) is 0 Å². The smallest absolute Gasteiger partial charge is 0.233 e. The van der Waals surface area contributed by atoms with E-state index in [1.54, 1.807) is 0 Å². The first-order chi connectivity index (χ1) is 11.4. The Morgan fingerprint density at radius 2 is 1.29 bits per heavy atom. The molecule has 24 heavy (non-hydrogen) atoms. The highest BCUT2D eigenvalue weighted by Crippen LogP contribution is 2.34. The molecule has 5 nitrogen and oxygen atoms in total. The number of benzene rings is 1. The molecule has 0 aliphatic heterocycles. The Bertz CT molecular complexity index is 544. The summed E-state index contributed by atoms with van der Waals surface area (Å²) in [4.78, 5) is 23.0. The van der Waals surface area contributed by atoms with Crippen molar-refractivity contribution in [2.24, 2.45) is 5.84 Å². The molecule has 0 radical (unpaired) electrons. The molecular weight excluding hydrogens is 506 g/mol. The van der Waals surface area contributed by atoms with Crippen molar-refractivity contribution in [3.63, 3.8) is 0 Å². The molecule has 4 N–H and O–H groups in total. The van der Waals surface area contributed by atoms with Crippen molar-refractivity contribution in [3.8, 4) is 0 Å². The largest absolute Gasteiger partial charge is 0.324 e. The number of nitrogens with one attached hydrogen (secondary N) is 2. The fourth-order valence-electron chi connectivity index (χ4n) is 2.21. The summed E-state index contributed by atoms with van der Waals surface area (Å²) in [5, 5.41) is 2.93. The minimum absolute atomic E-state index is 0.0124. The molecule has 0 unspecified atom stereocenters. The first kappa shape index (κ1) is 21.6. The van der Waals surface area contributed by atoms with Crippen LogP contribution in [0.15, 0.2) is 25.6 Å². The predicted molar refractivity (Wildman–Crippen MR) is 107 cm³/mol. The zero-order chi connectivity index (χ0) is 17.9. The molecule has 1 aromatic rings. The van der Waals surface area contributed by atoms with Gasteiger partial charge in [-0.1, -0.05) is 41.6 Å². The molecule has 8 heteroatoms. The summed E-state index contributed by atoms with van der Waals surface area (Å²) in [6.07, 6.45) is 6.88. The van der Waals surface area contributed by atoms with Gasteiger partial charge in [0.25, 0.3) is 0 Å². The molecule has 134 valence electrons. The van der Waals surface area contributed by atoms with Gasteiger partial charge in [-0.25, -0.2) is 5.84 Å². The number of carbonyl (C=O) groups excluding carboxylic acids is 2. The molecule has 0 spiro atoms. The van der Waals surface area contributed by atoms with Gasteiger partial charge in [-0.15, -0.1) is 0 Å². The van der Waals surface area contributed by atoms with E-state index in [1.165, 1.54) is 0 Å². The lowest BCUT2D eigenvalue weighted by Gasteiger charge is -2.10. The summed E-state index contributed by atoms with van der Waals surface area (Å²) in [7, 11) is 0. The summed E-state index contributed by atoms with van der Waals surface area (Å²) in [5.41, 5.74) is 2.88. The first-order valence-corrected chi connectivity index (χ1v) is 10.3. The summed E-state index contributed by atoms with van der Waals surface area (Å²) in [5.74, 6) is 4.91. The highest BCUT2D eigenvalue weighted by molar-refractivity contribution is 9.11. The maximum Gasteiger partial charge on any atom is 0.233 e. The fraction of sp³-hybridized carbons (Fsp3) is 0.500. The van der Waals surface area contributed by atoms with Gasteiger partial charge >= 0.3 is 0 Å². The number of hydrogen-bond acceptors (Lipinski definition) is 3. The number of anilines is 1. The van der Waals surface area contributed by atoms with Crippen LogP contribution in [0, 0.1) is 0 Å². The minimum atomic E-state index is -0.114. The number of unbranched alkanes of at least 4 members (excludes halogenated alkanes) is 5. The van der Waals surface area contributed by atoms with E-state index in [2.05, 4.69) is 58.5 Å². The third-order valence-corrected chi connectivity index (χ3v) is 5.20. The quantitative estimate of drug-likeness (QED) is 0.173. The molecule has 0 atom stereocenters. The van der Waals surface area contributed by atoms with Crippen molar-refractivity contribution in [2.75, 3.05) is 5.32 Å². The highest BCUT2D eigenvalue weighted by atomic mass is 79.9. The third kappa shape index (κ3) is 8.60. The van der Waals surface area contributed by atoms with E-state index in [0.717, 1.165) is 57.6 Å². The van der Waals surface area contributed by atoms with Gasteiger partial charge in [0.2, 0.25) is 11.8 Å². The number of nitrogens with two attached hydrogens (primary N) is 1. The topological polar surface area (TPSA) is 84.2 Å². The molecule has 0 aliphatic carbocycles. The Morgan fingerprint density at radius 1 is 0.833 bits per heavy atom. The van der Waals surface area contributed by atoms with Crippen LogP contribution in [0.4, 0.5) is 5.69 Å². The Hall–Kier alpha value is -0.440. The normalized spacial score (nSPS) is 10.5. The average molecular weight is 528 g/mol. The van der Waals surface area contributed by atoms with Crippen molar-refractivity contribution in [1.82, 2.24) is 5.43 Å². The second kappa shape index (κ2) is 12.0. The number of rotatable bonds is 10. The number of halogens is 3. The lowest BCUT2D eigenvalue weighted by Crippen LogP contribution is -2.29. The minimum Gasteiger partial charge on any atom is -0.324 e. The standard InChI is InChI=1S/C16H22Br3N3O2/c17-11-9-12(18)16(13(19)10-11)21-14(23)7-5-3-1-2-4-6-8-15(24)22-20/h9-10H,1-8,20H2,(H,21,23)(H,22,24). The van der Waals surface area contributed by atoms with Crippen LogP contribution >= 0.6 is 47.8 Å². The van der Waals surface area contributed by atoms with Crippen LogP contribution in [0.1, 0.15) is 51.4 Å². The van der Waals surface area contributed by atoms with Crippen LogP contribution < -0.4 is 16.6 Å². The average Bonchev–Trinajstić information content (AvgIpc) is 2.53.